The maximum absolute atomic E-state index is 14.3. The predicted octanol–water partition coefficient (Wildman–Crippen LogP) is 5.64. The van der Waals surface area contributed by atoms with Crippen molar-refractivity contribution in [3.8, 4) is 11.6 Å². The van der Waals surface area contributed by atoms with Gasteiger partial charge in [-0.3, -0.25) is 4.90 Å². The summed E-state index contributed by atoms with van der Waals surface area (Å²) < 4.78 is 41.4. The van der Waals surface area contributed by atoms with E-state index in [1.165, 1.54) is 33.8 Å². The average Bonchev–Trinajstić information content (AvgIpc) is 3.18. The molecular formula is C24H29BrF2N5O3P. The topological polar surface area (TPSA) is 72.2 Å². The fourth-order valence-electron chi connectivity index (χ4n) is 3.85. The molecule has 3 aromatic rings. The van der Waals surface area contributed by atoms with Crippen LogP contribution in [0.25, 0.3) is 5.65 Å². The van der Waals surface area contributed by atoms with Crippen molar-refractivity contribution in [3.05, 3.63) is 46.6 Å². The maximum atomic E-state index is 14.3. The van der Waals surface area contributed by atoms with Crippen LogP contribution in [0.2, 0.25) is 0 Å². The monoisotopic (exact) mass is 583 g/mol. The quantitative estimate of drug-likeness (QED) is 0.349. The van der Waals surface area contributed by atoms with Crippen LogP contribution < -0.4 is 9.64 Å². The first-order chi connectivity index (χ1) is 17.0. The van der Waals surface area contributed by atoms with E-state index in [1.807, 2.05) is 0 Å². The van der Waals surface area contributed by atoms with Crippen LogP contribution in [0.15, 0.2) is 34.9 Å². The molecule has 2 aromatic heterocycles. The van der Waals surface area contributed by atoms with Crippen molar-refractivity contribution < 1.29 is 23.0 Å². The highest BCUT2D eigenvalue weighted by Gasteiger charge is 2.28. The van der Waals surface area contributed by atoms with Gasteiger partial charge in [-0.05, 0) is 80.4 Å². The van der Waals surface area contributed by atoms with Crippen molar-refractivity contribution in [1.29, 1.82) is 0 Å². The number of benzene rings is 1. The summed E-state index contributed by atoms with van der Waals surface area (Å²) in [7, 11) is 2.88. The van der Waals surface area contributed by atoms with Crippen molar-refractivity contribution in [2.24, 2.45) is 0 Å². The lowest BCUT2D eigenvalue weighted by Crippen LogP contribution is -2.44. The molecule has 0 aliphatic carbocycles. The molecule has 1 unspecified atom stereocenters. The molecule has 0 N–H and O–H groups in total. The van der Waals surface area contributed by atoms with Gasteiger partial charge in [-0.15, -0.1) is 9.24 Å². The average molecular weight is 584 g/mol. The number of halogens is 3. The van der Waals surface area contributed by atoms with Gasteiger partial charge in [-0.2, -0.15) is 19.0 Å². The minimum absolute atomic E-state index is 0.0272. The first-order valence-corrected chi connectivity index (χ1v) is 13.1. The summed E-state index contributed by atoms with van der Waals surface area (Å²) in [6.07, 6.45) is 3.11. The Morgan fingerprint density at radius 2 is 2.00 bits per heavy atom. The van der Waals surface area contributed by atoms with Gasteiger partial charge in [0.1, 0.15) is 11.4 Å². The third kappa shape index (κ3) is 6.30. The van der Waals surface area contributed by atoms with E-state index in [4.69, 9.17) is 9.47 Å². The van der Waals surface area contributed by atoms with Gasteiger partial charge in [0.2, 0.25) is 11.7 Å². The minimum atomic E-state index is -1.13. The number of ether oxygens (including phenoxy) is 2. The summed E-state index contributed by atoms with van der Waals surface area (Å²) in [5.74, 6) is -2.19. The number of hydrogen-bond acceptors (Lipinski definition) is 6. The fraction of sp³-hybridized carbons (Fsp3) is 0.458. The minimum Gasteiger partial charge on any atom is -0.443 e. The molecule has 4 rings (SSSR count). The van der Waals surface area contributed by atoms with Gasteiger partial charge in [0.25, 0.3) is 0 Å². The molecule has 1 fully saturated rings. The van der Waals surface area contributed by atoms with Crippen molar-refractivity contribution >= 4 is 42.7 Å². The van der Waals surface area contributed by atoms with Gasteiger partial charge in [-0.25, -0.2) is 9.18 Å². The standard InChI is InChI=1S/C24H29BrF2N5O3P/c1-24(2,3)35-23(33)31(12-11-30-9-7-15(36)8-10-30)20-13-19(29-22-16(25)14-28-32(20)22)34-18-6-4-5-17(26)21(18)27/h4-6,13-15H,7-12,36H2,1-3H3. The van der Waals surface area contributed by atoms with E-state index in [1.54, 1.807) is 20.8 Å². The number of carbonyl (C=O) groups excluding carboxylic acids is 1. The molecule has 1 aliphatic rings. The maximum Gasteiger partial charge on any atom is 0.416 e. The zero-order chi connectivity index (χ0) is 26.0. The zero-order valence-corrected chi connectivity index (χ0v) is 23.1. The Labute approximate surface area is 219 Å². The summed E-state index contributed by atoms with van der Waals surface area (Å²) in [5, 5.41) is 4.35. The highest BCUT2D eigenvalue weighted by Crippen LogP contribution is 2.31. The molecule has 1 atom stereocenters. The summed E-state index contributed by atoms with van der Waals surface area (Å²) >= 11 is 3.41. The third-order valence-corrected chi connectivity index (χ3v) is 6.91. The second-order valence-electron chi connectivity index (χ2n) is 9.65. The lowest BCUT2D eigenvalue weighted by molar-refractivity contribution is 0.0573. The number of anilines is 1. The zero-order valence-electron chi connectivity index (χ0n) is 20.4. The highest BCUT2D eigenvalue weighted by molar-refractivity contribution is 9.10. The van der Waals surface area contributed by atoms with Crippen LogP contribution in [0.4, 0.5) is 19.4 Å². The number of nitrogens with zero attached hydrogens (tertiary/aromatic N) is 5. The largest absolute Gasteiger partial charge is 0.443 e. The first kappa shape index (κ1) is 26.7. The van der Waals surface area contributed by atoms with Gasteiger partial charge >= 0.3 is 6.09 Å². The van der Waals surface area contributed by atoms with Gasteiger partial charge < -0.3 is 14.4 Å². The molecule has 1 aliphatic heterocycles. The number of aromatic nitrogens is 3. The second-order valence-corrected chi connectivity index (χ2v) is 11.4. The van der Waals surface area contributed by atoms with Crippen LogP contribution in [-0.4, -0.2) is 63.0 Å². The summed E-state index contributed by atoms with van der Waals surface area (Å²) in [5.41, 5.74) is 0.220. The Morgan fingerprint density at radius 1 is 1.28 bits per heavy atom. The number of rotatable bonds is 6. The molecule has 0 saturated carbocycles. The molecule has 1 aromatic carbocycles. The molecular weight excluding hydrogens is 555 g/mol. The van der Waals surface area contributed by atoms with E-state index in [0.29, 0.717) is 34.7 Å². The molecule has 194 valence electrons. The van der Waals surface area contributed by atoms with Crippen molar-refractivity contribution in [1.82, 2.24) is 19.5 Å². The van der Waals surface area contributed by atoms with Gasteiger partial charge in [-0.1, -0.05) is 6.07 Å². The van der Waals surface area contributed by atoms with Crippen molar-refractivity contribution in [2.45, 2.75) is 44.9 Å². The molecule has 36 heavy (non-hydrogen) atoms. The van der Waals surface area contributed by atoms with Crippen LogP contribution >= 0.6 is 25.2 Å². The molecule has 0 spiro atoms. The van der Waals surface area contributed by atoms with Crippen LogP contribution in [0.1, 0.15) is 33.6 Å². The van der Waals surface area contributed by atoms with E-state index in [-0.39, 0.29) is 11.6 Å². The Hall–Kier alpha value is -2.36. The Kier molecular flexibility index (Phi) is 8.12. The van der Waals surface area contributed by atoms with E-state index >= 15 is 0 Å². The van der Waals surface area contributed by atoms with Gasteiger partial charge in [0.05, 0.1) is 10.7 Å². The van der Waals surface area contributed by atoms with Crippen LogP contribution in [-0.2, 0) is 4.74 Å². The molecule has 0 bridgehead atoms. The number of carbonyl (C=O) groups is 1. The van der Waals surface area contributed by atoms with E-state index in [9.17, 15) is 13.6 Å². The molecule has 1 amide bonds. The smallest absolute Gasteiger partial charge is 0.416 e. The number of fused-ring (bicyclic) bond motifs is 1. The normalized spacial score (nSPS) is 15.3. The predicted molar refractivity (Wildman–Crippen MR) is 140 cm³/mol. The Bertz CT molecular complexity index is 1240. The van der Waals surface area contributed by atoms with Crippen molar-refractivity contribution in [2.75, 3.05) is 31.1 Å². The van der Waals surface area contributed by atoms with Gasteiger partial charge in [0.15, 0.2) is 17.2 Å². The van der Waals surface area contributed by atoms with E-state index < -0.39 is 23.3 Å². The van der Waals surface area contributed by atoms with Crippen LogP contribution in [0.3, 0.4) is 0 Å². The molecule has 0 radical (unpaired) electrons. The number of amides is 1. The number of hydrogen-bond donors (Lipinski definition) is 0. The SMILES string of the molecule is CC(C)(C)OC(=O)N(CCN1CCC(P)CC1)c1cc(Oc2cccc(F)c2F)nc2c(Br)cnn12. The number of piperidine rings is 1. The van der Waals surface area contributed by atoms with Gasteiger partial charge in [0, 0.05) is 19.2 Å². The Balaban J connectivity index is 1.71. The fourth-order valence-corrected chi connectivity index (χ4v) is 4.50. The van der Waals surface area contributed by atoms with E-state index in [2.05, 4.69) is 40.2 Å². The molecule has 8 nitrogen and oxygen atoms in total. The first-order valence-electron chi connectivity index (χ1n) is 11.7. The lowest BCUT2D eigenvalue weighted by atomic mass is 10.1. The summed E-state index contributed by atoms with van der Waals surface area (Å²) in [6, 6.07) is 5.11. The second kappa shape index (κ2) is 10.9. The number of likely N-dealkylation sites (tertiary alicyclic amines) is 1. The molecule has 3 heterocycles. The molecule has 12 heteroatoms. The van der Waals surface area contributed by atoms with Crippen LogP contribution in [0.5, 0.6) is 11.6 Å². The summed E-state index contributed by atoms with van der Waals surface area (Å²) in [4.78, 5) is 21.5. The Morgan fingerprint density at radius 3 is 2.69 bits per heavy atom. The van der Waals surface area contributed by atoms with E-state index in [0.717, 1.165) is 32.0 Å². The van der Waals surface area contributed by atoms with Crippen LogP contribution in [0, 0.1) is 11.6 Å². The lowest BCUT2D eigenvalue weighted by Gasteiger charge is -2.33. The highest BCUT2D eigenvalue weighted by atomic mass is 79.9. The third-order valence-electron chi connectivity index (χ3n) is 5.68. The molecule has 1 saturated heterocycles. The summed E-state index contributed by atoms with van der Waals surface area (Å²) in [6.45, 7) is 8.19. The van der Waals surface area contributed by atoms with Crippen molar-refractivity contribution in [3.63, 3.8) is 0 Å².